The van der Waals surface area contributed by atoms with Crippen LogP contribution in [0.4, 0.5) is 5.69 Å². The van der Waals surface area contributed by atoms with E-state index in [-0.39, 0.29) is 30.3 Å². The number of piperidine rings is 1. The third kappa shape index (κ3) is 3.10. The van der Waals surface area contributed by atoms with Gasteiger partial charge in [0.15, 0.2) is 0 Å². The van der Waals surface area contributed by atoms with Crippen molar-refractivity contribution >= 4 is 29.9 Å². The average Bonchev–Trinajstić information content (AvgIpc) is 2.89. The summed E-state index contributed by atoms with van der Waals surface area (Å²) in [5, 5.41) is 0. The van der Waals surface area contributed by atoms with Gasteiger partial charge in [0.1, 0.15) is 0 Å². The van der Waals surface area contributed by atoms with Crippen LogP contribution >= 0.6 is 12.4 Å². The van der Waals surface area contributed by atoms with E-state index in [0.29, 0.717) is 18.7 Å². The molecule has 1 aromatic rings. The molecule has 2 aliphatic heterocycles. The molecule has 1 fully saturated rings. The van der Waals surface area contributed by atoms with Gasteiger partial charge in [-0.3, -0.25) is 9.59 Å². The van der Waals surface area contributed by atoms with E-state index in [1.807, 2.05) is 23.1 Å². The maximum Gasteiger partial charge on any atom is 0.253 e. The van der Waals surface area contributed by atoms with Gasteiger partial charge in [-0.05, 0) is 43.0 Å². The van der Waals surface area contributed by atoms with E-state index in [2.05, 4.69) is 0 Å². The highest BCUT2D eigenvalue weighted by atomic mass is 35.5. The number of carbonyl (C=O) groups excluding carboxylic acids is 2. The van der Waals surface area contributed by atoms with Gasteiger partial charge in [-0.15, -0.1) is 12.4 Å². The molecule has 0 radical (unpaired) electrons. The lowest BCUT2D eigenvalue weighted by Gasteiger charge is -2.31. The first-order valence-electron chi connectivity index (χ1n) is 7.52. The fourth-order valence-corrected chi connectivity index (χ4v) is 3.24. The molecule has 120 valence electrons. The zero-order valence-electron chi connectivity index (χ0n) is 12.7. The molecule has 3 rings (SSSR count). The van der Waals surface area contributed by atoms with Crippen LogP contribution in [0.2, 0.25) is 0 Å². The lowest BCUT2D eigenvalue weighted by Crippen LogP contribution is -2.45. The second-order valence-electron chi connectivity index (χ2n) is 5.92. The molecule has 0 aliphatic carbocycles. The summed E-state index contributed by atoms with van der Waals surface area (Å²) in [4.78, 5) is 27.7. The van der Waals surface area contributed by atoms with Crippen molar-refractivity contribution in [1.29, 1.82) is 0 Å². The molecule has 1 atom stereocenters. The van der Waals surface area contributed by atoms with Crippen LogP contribution in [-0.2, 0) is 11.2 Å². The smallest absolute Gasteiger partial charge is 0.253 e. The van der Waals surface area contributed by atoms with Crippen molar-refractivity contribution in [1.82, 2.24) is 4.90 Å². The number of amides is 2. The van der Waals surface area contributed by atoms with Crippen LogP contribution in [0.5, 0.6) is 0 Å². The van der Waals surface area contributed by atoms with Gasteiger partial charge in [-0.2, -0.15) is 0 Å². The molecule has 5 nitrogen and oxygen atoms in total. The van der Waals surface area contributed by atoms with Crippen molar-refractivity contribution < 1.29 is 9.59 Å². The fourth-order valence-electron chi connectivity index (χ4n) is 3.24. The SMILES string of the molecule is CC(=O)N1CCc2cc(C(=O)N3CCCC(N)C3)ccc21.Cl. The molecule has 1 saturated heterocycles. The van der Waals surface area contributed by atoms with Crippen LogP contribution < -0.4 is 10.6 Å². The Bertz CT molecular complexity index is 591. The van der Waals surface area contributed by atoms with Crippen molar-refractivity contribution in [2.75, 3.05) is 24.5 Å². The van der Waals surface area contributed by atoms with Crippen molar-refractivity contribution in [3.05, 3.63) is 29.3 Å². The number of rotatable bonds is 1. The van der Waals surface area contributed by atoms with Crippen LogP contribution in [0, 0.1) is 0 Å². The zero-order chi connectivity index (χ0) is 15.0. The Morgan fingerprint density at radius 3 is 2.73 bits per heavy atom. The summed E-state index contributed by atoms with van der Waals surface area (Å²) in [5.41, 5.74) is 8.67. The summed E-state index contributed by atoms with van der Waals surface area (Å²) in [7, 11) is 0. The van der Waals surface area contributed by atoms with Crippen LogP contribution in [0.25, 0.3) is 0 Å². The lowest BCUT2D eigenvalue weighted by atomic mass is 10.0. The minimum atomic E-state index is 0. The summed E-state index contributed by atoms with van der Waals surface area (Å²) >= 11 is 0. The summed E-state index contributed by atoms with van der Waals surface area (Å²) in [5.74, 6) is 0.101. The van der Waals surface area contributed by atoms with Gasteiger partial charge in [-0.1, -0.05) is 0 Å². The number of benzene rings is 1. The lowest BCUT2D eigenvalue weighted by molar-refractivity contribution is -0.116. The third-order valence-electron chi connectivity index (χ3n) is 4.35. The highest BCUT2D eigenvalue weighted by molar-refractivity contribution is 5.98. The van der Waals surface area contributed by atoms with Gasteiger partial charge in [0.05, 0.1) is 0 Å². The number of nitrogens with two attached hydrogens (primary N) is 1. The second-order valence-corrected chi connectivity index (χ2v) is 5.92. The maximum atomic E-state index is 12.6. The molecule has 2 aliphatic rings. The summed E-state index contributed by atoms with van der Waals surface area (Å²) in [6.45, 7) is 3.69. The van der Waals surface area contributed by atoms with Crippen molar-refractivity contribution in [3.8, 4) is 0 Å². The highest BCUT2D eigenvalue weighted by Crippen LogP contribution is 2.29. The first-order valence-corrected chi connectivity index (χ1v) is 7.52. The van der Waals surface area contributed by atoms with Gasteiger partial charge in [0, 0.05) is 43.9 Å². The second kappa shape index (κ2) is 6.67. The van der Waals surface area contributed by atoms with Crippen LogP contribution in [0.1, 0.15) is 35.7 Å². The predicted octanol–water partition coefficient (Wildman–Crippen LogP) is 1.58. The van der Waals surface area contributed by atoms with E-state index in [1.54, 1.807) is 11.8 Å². The highest BCUT2D eigenvalue weighted by Gasteiger charge is 2.26. The van der Waals surface area contributed by atoms with E-state index < -0.39 is 0 Å². The largest absolute Gasteiger partial charge is 0.337 e. The Morgan fingerprint density at radius 2 is 2.05 bits per heavy atom. The first kappa shape index (κ1) is 16.8. The van der Waals surface area contributed by atoms with Crippen LogP contribution in [-0.4, -0.2) is 42.4 Å². The summed E-state index contributed by atoms with van der Waals surface area (Å²) < 4.78 is 0. The number of likely N-dealkylation sites (tertiary alicyclic amines) is 1. The topological polar surface area (TPSA) is 66.6 Å². The van der Waals surface area contributed by atoms with Crippen LogP contribution in [0.3, 0.4) is 0 Å². The summed E-state index contributed by atoms with van der Waals surface area (Å²) in [6, 6.07) is 5.73. The number of halogens is 1. The average molecular weight is 324 g/mol. The number of nitrogens with zero attached hydrogens (tertiary/aromatic N) is 2. The number of fused-ring (bicyclic) bond motifs is 1. The summed E-state index contributed by atoms with van der Waals surface area (Å²) in [6.07, 6.45) is 2.77. The van der Waals surface area contributed by atoms with Crippen molar-refractivity contribution in [3.63, 3.8) is 0 Å². The number of carbonyl (C=O) groups is 2. The quantitative estimate of drug-likeness (QED) is 0.853. The van der Waals surface area contributed by atoms with E-state index in [0.717, 1.165) is 37.1 Å². The standard InChI is InChI=1S/C16H21N3O2.ClH/c1-11(20)19-8-6-12-9-13(4-5-15(12)19)16(21)18-7-2-3-14(17)10-18;/h4-5,9,14H,2-3,6-8,10,17H2,1H3;1H. The fraction of sp³-hybridized carbons (Fsp3) is 0.500. The molecular weight excluding hydrogens is 302 g/mol. The molecule has 2 amide bonds. The van der Waals surface area contributed by atoms with Crippen molar-refractivity contribution in [2.45, 2.75) is 32.2 Å². The van der Waals surface area contributed by atoms with E-state index >= 15 is 0 Å². The normalized spacial score (nSPS) is 20.4. The number of anilines is 1. The maximum absolute atomic E-state index is 12.6. The molecular formula is C16H22ClN3O2. The van der Waals surface area contributed by atoms with Crippen LogP contribution in [0.15, 0.2) is 18.2 Å². The Kier molecular flexibility index (Phi) is 5.08. The molecule has 1 unspecified atom stereocenters. The Balaban J connectivity index is 0.00000176. The molecule has 6 heteroatoms. The molecule has 2 heterocycles. The molecule has 1 aromatic carbocycles. The molecule has 2 N–H and O–H groups in total. The van der Waals surface area contributed by atoms with Gasteiger partial charge < -0.3 is 15.5 Å². The molecule has 0 spiro atoms. The van der Waals surface area contributed by atoms with E-state index in [1.165, 1.54) is 0 Å². The molecule has 22 heavy (non-hydrogen) atoms. The van der Waals surface area contributed by atoms with Gasteiger partial charge in [0.2, 0.25) is 5.91 Å². The zero-order valence-corrected chi connectivity index (χ0v) is 13.6. The minimum Gasteiger partial charge on any atom is -0.337 e. The van der Waals surface area contributed by atoms with E-state index in [9.17, 15) is 9.59 Å². The number of hydrogen-bond acceptors (Lipinski definition) is 3. The third-order valence-corrected chi connectivity index (χ3v) is 4.35. The van der Waals surface area contributed by atoms with Gasteiger partial charge in [-0.25, -0.2) is 0 Å². The Hall–Kier alpha value is -1.59. The predicted molar refractivity (Wildman–Crippen MR) is 88.5 cm³/mol. The van der Waals surface area contributed by atoms with Crippen molar-refractivity contribution in [2.24, 2.45) is 5.73 Å². The minimum absolute atomic E-state index is 0. The Morgan fingerprint density at radius 1 is 1.27 bits per heavy atom. The Labute approximate surface area is 136 Å². The van der Waals surface area contributed by atoms with Gasteiger partial charge >= 0.3 is 0 Å². The monoisotopic (exact) mass is 323 g/mol. The van der Waals surface area contributed by atoms with Gasteiger partial charge in [0.25, 0.3) is 5.91 Å². The first-order chi connectivity index (χ1) is 10.1. The molecule has 0 bridgehead atoms. The van der Waals surface area contributed by atoms with E-state index in [4.69, 9.17) is 5.73 Å². The molecule has 0 aromatic heterocycles. The number of hydrogen-bond donors (Lipinski definition) is 1. The molecule has 0 saturated carbocycles.